The summed E-state index contributed by atoms with van der Waals surface area (Å²) in [6.45, 7) is 6.60. The van der Waals surface area contributed by atoms with Crippen molar-refractivity contribution in [3.8, 4) is 0 Å². The predicted molar refractivity (Wildman–Crippen MR) is 39.8 cm³/mol. The van der Waals surface area contributed by atoms with E-state index >= 15 is 0 Å². The molecule has 0 amide bonds. The maximum Gasteiger partial charge on any atom is -0.0135 e. The fourth-order valence-electron chi connectivity index (χ4n) is 1.51. The molecule has 1 rings (SSSR count). The molecule has 0 aromatic heterocycles. The van der Waals surface area contributed by atoms with E-state index in [0.717, 1.165) is 13.1 Å². The Hall–Kier alpha value is -0.0800. The molecule has 1 heterocycles. The van der Waals surface area contributed by atoms with E-state index in [1.165, 1.54) is 0 Å². The van der Waals surface area contributed by atoms with E-state index in [4.69, 9.17) is 0 Å². The van der Waals surface area contributed by atoms with Gasteiger partial charge < -0.3 is 10.2 Å². The fraction of sp³-hybridized carbons (Fsp3) is 1.00. The average molecular weight is 127 g/mol. The van der Waals surface area contributed by atoms with Crippen LogP contribution >= 0.6 is 0 Å². The number of hydrogen-bond donors (Lipinski definition) is 0. The maximum absolute atomic E-state index is 4.49. The van der Waals surface area contributed by atoms with Crippen LogP contribution in [0.15, 0.2) is 0 Å². The summed E-state index contributed by atoms with van der Waals surface area (Å²) in [5.74, 6) is 0. The Balaban J connectivity index is 2.34. The molecule has 1 aliphatic rings. The van der Waals surface area contributed by atoms with Gasteiger partial charge in [0.05, 0.1) is 0 Å². The van der Waals surface area contributed by atoms with Crippen LogP contribution in [0.3, 0.4) is 0 Å². The van der Waals surface area contributed by atoms with Gasteiger partial charge >= 0.3 is 0 Å². The van der Waals surface area contributed by atoms with Gasteiger partial charge in [-0.3, -0.25) is 0 Å². The molecule has 2 heteroatoms. The summed E-state index contributed by atoms with van der Waals surface area (Å²) in [7, 11) is 2.15. The minimum Gasteiger partial charge on any atom is -0.655 e. The lowest BCUT2D eigenvalue weighted by atomic mass is 10.2. The first-order chi connectivity index (χ1) is 4.18. The summed E-state index contributed by atoms with van der Waals surface area (Å²) in [4.78, 5) is 2.34. The van der Waals surface area contributed by atoms with E-state index < -0.39 is 0 Å². The Morgan fingerprint density at radius 3 is 2.00 bits per heavy atom. The highest BCUT2D eigenvalue weighted by molar-refractivity contribution is 5.01. The third-order valence-corrected chi connectivity index (χ3v) is 1.66. The smallest absolute Gasteiger partial charge is 0.0135 e. The topological polar surface area (TPSA) is 17.3 Å². The van der Waals surface area contributed by atoms with E-state index in [1.807, 2.05) is 0 Å². The van der Waals surface area contributed by atoms with Gasteiger partial charge in [-0.2, -0.15) is 0 Å². The van der Waals surface area contributed by atoms with Crippen molar-refractivity contribution in [1.29, 1.82) is 0 Å². The van der Waals surface area contributed by atoms with Crippen LogP contribution in [0.1, 0.15) is 13.8 Å². The molecule has 1 saturated heterocycles. The Kier molecular flexibility index (Phi) is 2.09. The molecule has 1 fully saturated rings. The molecule has 0 bridgehead atoms. The molecule has 54 valence electrons. The highest BCUT2D eigenvalue weighted by Gasteiger charge is 2.06. The first kappa shape index (κ1) is 7.03. The van der Waals surface area contributed by atoms with Crippen molar-refractivity contribution in [2.75, 3.05) is 20.1 Å². The van der Waals surface area contributed by atoms with Crippen molar-refractivity contribution < 1.29 is 0 Å². The Bertz CT molecular complexity index is 67.9. The highest BCUT2D eigenvalue weighted by atomic mass is 15.2. The zero-order chi connectivity index (χ0) is 6.85. The van der Waals surface area contributed by atoms with Crippen molar-refractivity contribution in [1.82, 2.24) is 4.90 Å². The molecular weight excluding hydrogens is 112 g/mol. The number of nitrogens with zero attached hydrogens (tertiary/aromatic N) is 2. The molecule has 9 heavy (non-hydrogen) atoms. The van der Waals surface area contributed by atoms with Crippen molar-refractivity contribution in [3.05, 3.63) is 5.32 Å². The van der Waals surface area contributed by atoms with Crippen LogP contribution in [0, 0.1) is 0 Å². The van der Waals surface area contributed by atoms with Crippen molar-refractivity contribution >= 4 is 0 Å². The van der Waals surface area contributed by atoms with Crippen LogP contribution in [0.5, 0.6) is 0 Å². The molecule has 0 radical (unpaired) electrons. The normalized spacial score (nSPS) is 39.0. The summed E-state index contributed by atoms with van der Waals surface area (Å²) in [6.07, 6.45) is 0. The fourth-order valence-corrected chi connectivity index (χ4v) is 1.51. The van der Waals surface area contributed by atoms with Crippen LogP contribution in [0.4, 0.5) is 0 Å². The second-order valence-corrected chi connectivity index (χ2v) is 3.07. The van der Waals surface area contributed by atoms with Crippen LogP contribution in [-0.4, -0.2) is 37.1 Å². The summed E-state index contributed by atoms with van der Waals surface area (Å²) in [5.41, 5.74) is 0. The summed E-state index contributed by atoms with van der Waals surface area (Å²) in [5, 5.41) is 4.49. The van der Waals surface area contributed by atoms with Gasteiger partial charge in [0.25, 0.3) is 0 Å². The van der Waals surface area contributed by atoms with Crippen LogP contribution in [-0.2, 0) is 0 Å². The van der Waals surface area contributed by atoms with Crippen molar-refractivity contribution in [2.24, 2.45) is 0 Å². The first-order valence-electron chi connectivity index (χ1n) is 3.57. The lowest BCUT2D eigenvalue weighted by molar-refractivity contribution is 0.281. The third kappa shape index (κ3) is 1.95. The molecule has 0 spiro atoms. The highest BCUT2D eigenvalue weighted by Crippen LogP contribution is 2.13. The van der Waals surface area contributed by atoms with Crippen LogP contribution in [0.25, 0.3) is 5.32 Å². The lowest BCUT2D eigenvalue weighted by Crippen LogP contribution is -2.39. The summed E-state index contributed by atoms with van der Waals surface area (Å²) >= 11 is 0. The van der Waals surface area contributed by atoms with Gasteiger partial charge in [-0.1, -0.05) is 13.8 Å². The minimum absolute atomic E-state index is 0.541. The average Bonchev–Trinajstić information content (AvgIpc) is 1.59. The second kappa shape index (κ2) is 2.67. The Labute approximate surface area is 57.2 Å². The quantitative estimate of drug-likeness (QED) is 0.476. The standard InChI is InChI=1S/C7H15N2/c1-6-4-9(3)5-7(2)8-6/h6-7H,4-5H2,1-3H3/q-1. The number of likely N-dealkylation sites (N-methyl/N-ethyl adjacent to an activating group) is 1. The largest absolute Gasteiger partial charge is 0.655 e. The Morgan fingerprint density at radius 1 is 1.22 bits per heavy atom. The SMILES string of the molecule is CC1CN(C)CC(C)[N-]1. The molecule has 2 nitrogen and oxygen atoms in total. The number of hydrogen-bond acceptors (Lipinski definition) is 1. The molecule has 1 aliphatic heterocycles. The van der Waals surface area contributed by atoms with Crippen molar-refractivity contribution in [2.45, 2.75) is 25.9 Å². The monoisotopic (exact) mass is 127 g/mol. The first-order valence-corrected chi connectivity index (χ1v) is 3.57. The number of rotatable bonds is 0. The van der Waals surface area contributed by atoms with Gasteiger partial charge in [-0.25, -0.2) is 0 Å². The Morgan fingerprint density at radius 2 is 1.67 bits per heavy atom. The van der Waals surface area contributed by atoms with Crippen LogP contribution in [0.2, 0.25) is 0 Å². The van der Waals surface area contributed by atoms with E-state index in [2.05, 4.69) is 31.1 Å². The molecule has 0 aromatic carbocycles. The summed E-state index contributed by atoms with van der Waals surface area (Å²) < 4.78 is 0. The number of piperazine rings is 1. The van der Waals surface area contributed by atoms with Gasteiger partial charge in [-0.15, -0.1) is 12.1 Å². The molecular formula is C7H15N2-. The summed E-state index contributed by atoms with van der Waals surface area (Å²) in [6, 6.07) is 1.08. The minimum atomic E-state index is 0.541. The van der Waals surface area contributed by atoms with Crippen LogP contribution < -0.4 is 0 Å². The van der Waals surface area contributed by atoms with Gasteiger partial charge in [0.2, 0.25) is 0 Å². The van der Waals surface area contributed by atoms with Gasteiger partial charge in [0.15, 0.2) is 0 Å². The van der Waals surface area contributed by atoms with E-state index in [9.17, 15) is 0 Å². The molecule has 0 saturated carbocycles. The van der Waals surface area contributed by atoms with Gasteiger partial charge in [-0.05, 0) is 20.1 Å². The molecule has 0 N–H and O–H groups in total. The molecule has 2 atom stereocenters. The maximum atomic E-state index is 4.49. The van der Waals surface area contributed by atoms with Crippen molar-refractivity contribution in [3.63, 3.8) is 0 Å². The van der Waals surface area contributed by atoms with Gasteiger partial charge in [0, 0.05) is 0 Å². The van der Waals surface area contributed by atoms with Gasteiger partial charge in [0.1, 0.15) is 0 Å². The van der Waals surface area contributed by atoms with E-state index in [-0.39, 0.29) is 0 Å². The van der Waals surface area contributed by atoms with E-state index in [0.29, 0.717) is 12.1 Å². The lowest BCUT2D eigenvalue weighted by Gasteiger charge is -2.45. The zero-order valence-electron chi connectivity index (χ0n) is 6.46. The zero-order valence-corrected chi connectivity index (χ0v) is 6.46. The third-order valence-electron chi connectivity index (χ3n) is 1.66. The second-order valence-electron chi connectivity index (χ2n) is 3.07. The molecule has 0 aromatic rings. The van der Waals surface area contributed by atoms with E-state index in [1.54, 1.807) is 0 Å². The molecule has 2 unspecified atom stereocenters. The predicted octanol–water partition coefficient (Wildman–Crippen LogP) is 1.08. The molecule has 0 aliphatic carbocycles.